The highest BCUT2D eigenvalue weighted by molar-refractivity contribution is 6.01. The molecule has 0 radical (unpaired) electrons. The molecule has 0 N–H and O–H groups in total. The molecule has 2 saturated heterocycles. The molecule has 3 aromatic rings. The number of aromatic nitrogens is 5. The number of anilines is 2. The Morgan fingerprint density at radius 1 is 1.16 bits per heavy atom. The fourth-order valence-corrected chi connectivity index (χ4v) is 4.20. The second kappa shape index (κ2) is 7.07. The van der Waals surface area contributed by atoms with E-state index in [0.29, 0.717) is 24.2 Å². The summed E-state index contributed by atoms with van der Waals surface area (Å²) in [7, 11) is 0. The van der Waals surface area contributed by atoms with Gasteiger partial charge in [0.25, 0.3) is 6.43 Å². The highest BCUT2D eigenvalue weighted by Crippen LogP contribution is 2.44. The predicted molar refractivity (Wildman–Crippen MR) is 102 cm³/mol. The van der Waals surface area contributed by atoms with Crippen LogP contribution < -0.4 is 9.80 Å². The molecule has 0 atom stereocenters. The number of halogens is 5. The Hall–Kier alpha value is -3.38. The molecule has 32 heavy (non-hydrogen) atoms. The second-order valence-electron chi connectivity index (χ2n) is 7.90. The second-order valence-corrected chi connectivity index (χ2v) is 7.90. The molecular formula is C19H16F5N7O. The Labute approximate surface area is 177 Å². The van der Waals surface area contributed by atoms with Crippen molar-refractivity contribution in [2.75, 3.05) is 29.4 Å². The lowest BCUT2D eigenvalue weighted by Crippen LogP contribution is -2.60. The van der Waals surface area contributed by atoms with Gasteiger partial charge in [-0.25, -0.2) is 23.4 Å². The van der Waals surface area contributed by atoms with Crippen LogP contribution in [0.5, 0.6) is 0 Å². The fourth-order valence-electron chi connectivity index (χ4n) is 4.20. The van der Waals surface area contributed by atoms with Crippen molar-refractivity contribution >= 4 is 28.6 Å². The molecule has 8 nitrogen and oxygen atoms in total. The van der Waals surface area contributed by atoms with Crippen LogP contribution in [0.3, 0.4) is 0 Å². The first-order valence-corrected chi connectivity index (χ1v) is 9.73. The van der Waals surface area contributed by atoms with Crippen LogP contribution in [0.1, 0.15) is 12.1 Å². The first-order chi connectivity index (χ1) is 15.2. The largest absolute Gasteiger partial charge is 0.433 e. The number of alkyl halides is 5. The van der Waals surface area contributed by atoms with Crippen molar-refractivity contribution < 1.29 is 26.7 Å². The van der Waals surface area contributed by atoms with Crippen LogP contribution in [-0.2, 0) is 17.5 Å². The standard InChI is InChI=1S/C19H16F5N7O/c20-14(21)8-31-16-12(6-27-31)26-7-15(28-16)30-4-2-18(17(30)32)9-29(10-18)11-1-3-25-13(5-11)19(22,23)24/h1,3,5-7,14H,2,4,8-10H2. The zero-order chi connectivity index (χ0) is 22.7. The Kier molecular flexibility index (Phi) is 4.53. The predicted octanol–water partition coefficient (Wildman–Crippen LogP) is 2.75. The molecule has 2 aliphatic rings. The number of hydrogen-bond donors (Lipinski definition) is 0. The van der Waals surface area contributed by atoms with Crippen LogP contribution in [0.4, 0.5) is 33.5 Å². The van der Waals surface area contributed by atoms with E-state index in [4.69, 9.17) is 0 Å². The third kappa shape index (κ3) is 3.31. The number of hydrogen-bond acceptors (Lipinski definition) is 6. The topological polar surface area (TPSA) is 80.0 Å². The van der Waals surface area contributed by atoms with E-state index in [0.717, 1.165) is 16.9 Å². The van der Waals surface area contributed by atoms with Gasteiger partial charge in [-0.05, 0) is 18.6 Å². The highest BCUT2D eigenvalue weighted by Gasteiger charge is 2.55. The molecule has 13 heteroatoms. The maximum absolute atomic E-state index is 13.1. The molecule has 168 valence electrons. The average molecular weight is 453 g/mol. The third-order valence-electron chi connectivity index (χ3n) is 5.82. The number of amides is 1. The van der Waals surface area contributed by atoms with Crippen LogP contribution in [0.25, 0.3) is 11.2 Å². The quantitative estimate of drug-likeness (QED) is 0.566. The monoisotopic (exact) mass is 453 g/mol. The van der Waals surface area contributed by atoms with Gasteiger partial charge in [0, 0.05) is 31.5 Å². The number of rotatable bonds is 4. The molecular weight excluding hydrogens is 437 g/mol. The van der Waals surface area contributed by atoms with E-state index in [2.05, 4.69) is 20.1 Å². The molecule has 2 fully saturated rings. The van der Waals surface area contributed by atoms with Crippen LogP contribution in [0, 0.1) is 5.41 Å². The average Bonchev–Trinajstić information content (AvgIpc) is 3.26. The van der Waals surface area contributed by atoms with Crippen molar-refractivity contribution in [3.8, 4) is 0 Å². The third-order valence-corrected chi connectivity index (χ3v) is 5.82. The minimum absolute atomic E-state index is 0.156. The first-order valence-electron chi connectivity index (χ1n) is 9.73. The van der Waals surface area contributed by atoms with Gasteiger partial charge in [-0.15, -0.1) is 0 Å². The van der Waals surface area contributed by atoms with E-state index in [1.807, 2.05) is 0 Å². The van der Waals surface area contributed by atoms with Crippen molar-refractivity contribution in [3.63, 3.8) is 0 Å². The molecule has 5 rings (SSSR count). The number of carbonyl (C=O) groups is 1. The van der Waals surface area contributed by atoms with E-state index in [9.17, 15) is 26.7 Å². The van der Waals surface area contributed by atoms with Crippen LogP contribution in [0.2, 0.25) is 0 Å². The van der Waals surface area contributed by atoms with Crippen molar-refractivity contribution in [2.24, 2.45) is 5.41 Å². The summed E-state index contributed by atoms with van der Waals surface area (Å²) in [5, 5.41) is 3.86. The SMILES string of the molecule is O=C1N(c2cnc3cnn(CC(F)F)c3n2)CCC12CN(c1ccnc(C(F)(F)F)c1)C2. The lowest BCUT2D eigenvalue weighted by atomic mass is 9.78. The summed E-state index contributed by atoms with van der Waals surface area (Å²) in [6.45, 7) is 0.242. The smallest absolute Gasteiger partial charge is 0.369 e. The van der Waals surface area contributed by atoms with E-state index in [1.54, 1.807) is 4.90 Å². The molecule has 1 amide bonds. The van der Waals surface area contributed by atoms with E-state index < -0.39 is 30.3 Å². The maximum atomic E-state index is 13.1. The minimum Gasteiger partial charge on any atom is -0.369 e. The fraction of sp³-hybridized carbons (Fsp3) is 0.421. The minimum atomic E-state index is -4.55. The zero-order valence-corrected chi connectivity index (χ0v) is 16.4. The summed E-state index contributed by atoms with van der Waals surface area (Å²) in [6.07, 6.45) is -2.85. The normalized spacial score (nSPS) is 18.2. The van der Waals surface area contributed by atoms with Gasteiger partial charge in [-0.2, -0.15) is 18.3 Å². The summed E-state index contributed by atoms with van der Waals surface area (Å²) in [4.78, 5) is 28.1. The van der Waals surface area contributed by atoms with E-state index in [1.165, 1.54) is 23.4 Å². The van der Waals surface area contributed by atoms with Gasteiger partial charge in [0.05, 0.1) is 17.8 Å². The van der Waals surface area contributed by atoms with Gasteiger partial charge in [0.1, 0.15) is 17.8 Å². The van der Waals surface area contributed by atoms with Gasteiger partial charge in [0.2, 0.25) is 5.91 Å². The number of nitrogens with zero attached hydrogens (tertiary/aromatic N) is 7. The molecule has 2 aliphatic heterocycles. The van der Waals surface area contributed by atoms with Crippen molar-refractivity contribution in [1.82, 2.24) is 24.7 Å². The summed E-state index contributed by atoms with van der Waals surface area (Å²) < 4.78 is 65.4. The van der Waals surface area contributed by atoms with Crippen LogP contribution >= 0.6 is 0 Å². The number of carbonyl (C=O) groups excluding carboxylic acids is 1. The van der Waals surface area contributed by atoms with E-state index in [-0.39, 0.29) is 30.5 Å². The molecule has 0 unspecified atom stereocenters. The molecule has 0 aromatic carbocycles. The lowest BCUT2D eigenvalue weighted by molar-refractivity contribution is -0.141. The van der Waals surface area contributed by atoms with Crippen LogP contribution in [0.15, 0.2) is 30.7 Å². The Bertz CT molecular complexity index is 1190. The van der Waals surface area contributed by atoms with Gasteiger partial charge in [0.15, 0.2) is 11.5 Å². The van der Waals surface area contributed by atoms with Crippen molar-refractivity contribution in [2.45, 2.75) is 25.6 Å². The molecule has 1 spiro atoms. The molecule has 5 heterocycles. The Morgan fingerprint density at radius 2 is 1.94 bits per heavy atom. The molecule has 0 aliphatic carbocycles. The van der Waals surface area contributed by atoms with E-state index >= 15 is 0 Å². The maximum Gasteiger partial charge on any atom is 0.433 e. The number of fused-ring (bicyclic) bond motifs is 1. The summed E-state index contributed by atoms with van der Waals surface area (Å²) >= 11 is 0. The van der Waals surface area contributed by atoms with Crippen LogP contribution in [-0.4, -0.2) is 56.7 Å². The lowest BCUT2D eigenvalue weighted by Gasteiger charge is -2.47. The summed E-state index contributed by atoms with van der Waals surface area (Å²) in [6, 6.07) is 2.44. The van der Waals surface area contributed by atoms with Crippen molar-refractivity contribution in [1.29, 1.82) is 0 Å². The first kappa shape index (κ1) is 20.5. The zero-order valence-electron chi connectivity index (χ0n) is 16.4. The number of pyridine rings is 1. The summed E-state index contributed by atoms with van der Waals surface area (Å²) in [5.74, 6) is 0.0181. The highest BCUT2D eigenvalue weighted by atomic mass is 19.4. The van der Waals surface area contributed by atoms with Crippen molar-refractivity contribution in [3.05, 3.63) is 36.4 Å². The Balaban J connectivity index is 1.34. The molecule has 0 saturated carbocycles. The van der Waals surface area contributed by atoms with Gasteiger partial charge < -0.3 is 4.90 Å². The van der Waals surface area contributed by atoms with Gasteiger partial charge >= 0.3 is 6.18 Å². The molecule has 0 bridgehead atoms. The molecule has 3 aromatic heterocycles. The Morgan fingerprint density at radius 3 is 2.66 bits per heavy atom. The van der Waals surface area contributed by atoms with Gasteiger partial charge in [-0.1, -0.05) is 0 Å². The summed E-state index contributed by atoms with van der Waals surface area (Å²) in [5.41, 5.74) is -0.880. The van der Waals surface area contributed by atoms with Gasteiger partial charge in [-0.3, -0.25) is 14.7 Å².